The van der Waals surface area contributed by atoms with E-state index in [4.69, 9.17) is 0 Å². The van der Waals surface area contributed by atoms with Crippen LogP contribution in [0.1, 0.15) is 10.4 Å². The molecule has 2 nitrogen and oxygen atoms in total. The molecule has 14 heavy (non-hydrogen) atoms. The Bertz CT molecular complexity index is 500. The van der Waals surface area contributed by atoms with Crippen LogP contribution in [0.2, 0.25) is 0 Å². The van der Waals surface area contributed by atoms with E-state index in [0.717, 1.165) is 10.8 Å². The highest BCUT2D eigenvalue weighted by Gasteiger charge is 2.04. The lowest BCUT2D eigenvalue weighted by atomic mass is 10.1. The van der Waals surface area contributed by atoms with Crippen molar-refractivity contribution in [2.45, 2.75) is 0 Å². The minimum absolute atomic E-state index is 0.374. The van der Waals surface area contributed by atoms with E-state index in [9.17, 15) is 9.59 Å². The zero-order valence-corrected chi connectivity index (χ0v) is 7.28. The molecule has 0 saturated carbocycles. The Morgan fingerprint density at radius 2 is 2.07 bits per heavy atom. The molecule has 66 valence electrons. The number of hydrogen-bond acceptors (Lipinski definition) is 2. The van der Waals surface area contributed by atoms with E-state index in [-0.39, 0.29) is 0 Å². The van der Waals surface area contributed by atoms with Gasteiger partial charge in [0.1, 0.15) is 0 Å². The van der Waals surface area contributed by atoms with Gasteiger partial charge >= 0.3 is 0 Å². The van der Waals surface area contributed by atoms with Crippen molar-refractivity contribution in [3.8, 4) is 0 Å². The summed E-state index contributed by atoms with van der Waals surface area (Å²) in [6.45, 7) is 0. The fourth-order valence-corrected chi connectivity index (χ4v) is 1.33. The van der Waals surface area contributed by atoms with E-state index in [1.165, 1.54) is 6.29 Å². The minimum atomic E-state index is -0.611. The van der Waals surface area contributed by atoms with Crippen LogP contribution in [0, 0.1) is 6.07 Å². The summed E-state index contributed by atoms with van der Waals surface area (Å²) in [5, 5.41) is 1.92. The van der Waals surface area contributed by atoms with Crippen molar-refractivity contribution in [2.24, 2.45) is 0 Å². The van der Waals surface area contributed by atoms with Gasteiger partial charge in [0.15, 0.2) is 0 Å². The van der Waals surface area contributed by atoms with Gasteiger partial charge in [-0.15, -0.1) is 0 Å². The van der Waals surface area contributed by atoms with Gasteiger partial charge in [-0.1, -0.05) is 24.3 Å². The molecule has 0 atom stereocenters. The fourth-order valence-electron chi connectivity index (χ4n) is 1.33. The van der Waals surface area contributed by atoms with Crippen molar-refractivity contribution in [3.63, 3.8) is 0 Å². The lowest BCUT2D eigenvalue weighted by Gasteiger charge is -1.98. The Labute approximate surface area is 81.2 Å². The number of hydrogen-bond donors (Lipinski definition) is 0. The van der Waals surface area contributed by atoms with Crippen LogP contribution in [-0.4, -0.2) is 12.1 Å². The van der Waals surface area contributed by atoms with Crippen LogP contribution in [0.15, 0.2) is 36.4 Å². The van der Waals surface area contributed by atoms with Gasteiger partial charge in [0.2, 0.25) is 5.78 Å². The molecule has 0 spiro atoms. The highest BCUT2D eigenvalue weighted by atomic mass is 16.2. The van der Waals surface area contributed by atoms with Gasteiger partial charge in [-0.25, -0.2) is 0 Å². The molecule has 0 unspecified atom stereocenters. The molecule has 0 aliphatic rings. The predicted octanol–water partition coefficient (Wildman–Crippen LogP) is 1.93. The normalized spacial score (nSPS) is 10.0. The second kappa shape index (κ2) is 3.42. The zero-order chi connectivity index (χ0) is 9.97. The molecular formula is C12H6O2. The third-order valence-corrected chi connectivity index (χ3v) is 2.04. The van der Waals surface area contributed by atoms with E-state index in [0.29, 0.717) is 5.56 Å². The Morgan fingerprint density at radius 1 is 1.21 bits per heavy atom. The van der Waals surface area contributed by atoms with E-state index in [2.05, 4.69) is 6.07 Å². The maximum absolute atomic E-state index is 11.0. The van der Waals surface area contributed by atoms with Crippen molar-refractivity contribution in [1.29, 1.82) is 0 Å². The second-order valence-corrected chi connectivity index (χ2v) is 2.92. The maximum atomic E-state index is 11.0. The molecule has 0 saturated heterocycles. The molecule has 0 fully saturated rings. The molecule has 0 aliphatic carbocycles. The molecular weight excluding hydrogens is 176 g/mol. The fraction of sp³-hybridized carbons (Fsp3) is 0. The lowest BCUT2D eigenvalue weighted by Crippen LogP contribution is -1.98. The van der Waals surface area contributed by atoms with Crippen molar-refractivity contribution >= 4 is 22.8 Å². The van der Waals surface area contributed by atoms with Crippen LogP contribution in [0.5, 0.6) is 0 Å². The first kappa shape index (κ1) is 8.63. The number of ketones is 1. The van der Waals surface area contributed by atoms with Crippen molar-refractivity contribution in [1.82, 2.24) is 0 Å². The van der Waals surface area contributed by atoms with Gasteiger partial charge in [-0.2, -0.15) is 0 Å². The SMILES string of the molecule is O=[C]C(=O)c1ccc2c[c]ccc2c1. The zero-order valence-electron chi connectivity index (χ0n) is 7.28. The molecule has 0 N–H and O–H groups in total. The molecule has 2 rings (SSSR count). The summed E-state index contributed by atoms with van der Waals surface area (Å²) in [6, 6.07) is 13.5. The first-order valence-electron chi connectivity index (χ1n) is 4.13. The molecule has 2 heteroatoms. The third-order valence-electron chi connectivity index (χ3n) is 2.04. The van der Waals surface area contributed by atoms with Crippen molar-refractivity contribution < 1.29 is 9.59 Å². The molecule has 0 heterocycles. The van der Waals surface area contributed by atoms with E-state index in [1.54, 1.807) is 24.3 Å². The molecule has 0 bridgehead atoms. The number of Topliss-reactive ketones (excluding diaryl/α,β-unsaturated/α-hetero) is 1. The van der Waals surface area contributed by atoms with Gasteiger partial charge in [-0.3, -0.25) is 9.59 Å². The largest absolute Gasteiger partial charge is 0.285 e. The molecule has 2 aromatic rings. The third kappa shape index (κ3) is 1.42. The van der Waals surface area contributed by atoms with Crippen molar-refractivity contribution in [2.75, 3.05) is 0 Å². The van der Waals surface area contributed by atoms with Crippen LogP contribution >= 0.6 is 0 Å². The van der Waals surface area contributed by atoms with E-state index in [1.807, 2.05) is 12.1 Å². The molecule has 0 aromatic heterocycles. The summed E-state index contributed by atoms with van der Waals surface area (Å²) in [5.74, 6) is -0.611. The molecule has 0 aliphatic heterocycles. The first-order chi connectivity index (χ1) is 6.81. The average molecular weight is 182 g/mol. The number of rotatable bonds is 2. The van der Waals surface area contributed by atoms with E-state index < -0.39 is 5.78 Å². The number of benzene rings is 2. The van der Waals surface area contributed by atoms with Gasteiger partial charge in [-0.05, 0) is 29.0 Å². The van der Waals surface area contributed by atoms with Gasteiger partial charge in [0.05, 0.1) is 0 Å². The number of carbonyl (C=O) groups excluding carboxylic acids is 2. The minimum Gasteiger partial charge on any atom is -0.285 e. The standard InChI is InChI=1S/C12H6O2/c13-8-12(14)11-6-5-9-3-1-2-4-10(9)7-11/h2-7H. The number of fused-ring (bicyclic) bond motifs is 1. The summed E-state index contributed by atoms with van der Waals surface area (Å²) < 4.78 is 0. The highest BCUT2D eigenvalue weighted by molar-refractivity contribution is 6.34. The Balaban J connectivity index is 2.62. The smallest absolute Gasteiger partial charge is 0.277 e. The van der Waals surface area contributed by atoms with Crippen LogP contribution in [-0.2, 0) is 4.79 Å². The topological polar surface area (TPSA) is 34.1 Å². The van der Waals surface area contributed by atoms with Crippen LogP contribution in [0.3, 0.4) is 0 Å². The van der Waals surface area contributed by atoms with Crippen LogP contribution in [0.25, 0.3) is 10.8 Å². The summed E-state index contributed by atoms with van der Waals surface area (Å²) in [7, 11) is 0. The van der Waals surface area contributed by atoms with Crippen molar-refractivity contribution in [3.05, 3.63) is 48.0 Å². The van der Waals surface area contributed by atoms with Crippen LogP contribution < -0.4 is 0 Å². The monoisotopic (exact) mass is 182 g/mol. The highest BCUT2D eigenvalue weighted by Crippen LogP contribution is 2.15. The number of carbonyl (C=O) groups is 1. The first-order valence-corrected chi connectivity index (χ1v) is 4.13. The second-order valence-electron chi connectivity index (χ2n) is 2.92. The summed E-state index contributed by atoms with van der Waals surface area (Å²) in [6.07, 6.45) is 1.35. The van der Waals surface area contributed by atoms with Gasteiger partial charge in [0.25, 0.3) is 6.29 Å². The quantitative estimate of drug-likeness (QED) is 0.525. The maximum Gasteiger partial charge on any atom is 0.277 e. The van der Waals surface area contributed by atoms with Crippen LogP contribution in [0.4, 0.5) is 0 Å². The Morgan fingerprint density at radius 3 is 2.86 bits per heavy atom. The van der Waals surface area contributed by atoms with Gasteiger partial charge in [0, 0.05) is 5.56 Å². The summed E-state index contributed by atoms with van der Waals surface area (Å²) in [5.41, 5.74) is 0.374. The molecule has 0 amide bonds. The average Bonchev–Trinajstić information content (AvgIpc) is 2.27. The lowest BCUT2D eigenvalue weighted by molar-refractivity contribution is 0.106. The summed E-state index contributed by atoms with van der Waals surface area (Å²) >= 11 is 0. The molecule has 2 radical (unpaired) electrons. The Kier molecular flexibility index (Phi) is 2.11. The molecule has 2 aromatic carbocycles. The Hall–Kier alpha value is -1.96. The predicted molar refractivity (Wildman–Crippen MR) is 52.8 cm³/mol. The van der Waals surface area contributed by atoms with E-state index >= 15 is 0 Å². The van der Waals surface area contributed by atoms with Gasteiger partial charge < -0.3 is 0 Å². The summed E-state index contributed by atoms with van der Waals surface area (Å²) in [4.78, 5) is 21.2.